The number of halogens is 1. The van der Waals surface area contributed by atoms with E-state index in [1.54, 1.807) is 11.9 Å². The van der Waals surface area contributed by atoms with Crippen molar-refractivity contribution in [2.75, 3.05) is 20.1 Å². The second kappa shape index (κ2) is 9.62. The van der Waals surface area contributed by atoms with Gasteiger partial charge in [-0.1, -0.05) is 58.7 Å². The Morgan fingerprint density at radius 1 is 1.19 bits per heavy atom. The summed E-state index contributed by atoms with van der Waals surface area (Å²) in [7, 11) is 1.80. The van der Waals surface area contributed by atoms with Crippen LogP contribution in [0.5, 0.6) is 0 Å². The van der Waals surface area contributed by atoms with E-state index in [1.165, 1.54) is 0 Å². The average molecular weight is 439 g/mol. The summed E-state index contributed by atoms with van der Waals surface area (Å²) in [4.78, 5) is 21.5. The van der Waals surface area contributed by atoms with Gasteiger partial charge in [0.2, 0.25) is 17.6 Å². The van der Waals surface area contributed by atoms with Crippen LogP contribution in [0, 0.1) is 12.8 Å². The molecule has 1 aromatic heterocycles. The highest BCUT2D eigenvalue weighted by molar-refractivity contribution is 6.31. The maximum Gasteiger partial charge on any atom is 0.246 e. The van der Waals surface area contributed by atoms with Gasteiger partial charge in [-0.2, -0.15) is 4.98 Å². The molecule has 0 bridgehead atoms. The first-order chi connectivity index (χ1) is 15.0. The normalized spacial score (nSPS) is 15.2. The van der Waals surface area contributed by atoms with Gasteiger partial charge in [0, 0.05) is 30.1 Å². The number of aromatic nitrogens is 2. The first kappa shape index (κ1) is 21.5. The van der Waals surface area contributed by atoms with Gasteiger partial charge in [-0.3, -0.25) is 9.69 Å². The topological polar surface area (TPSA) is 62.5 Å². The monoisotopic (exact) mass is 438 g/mol. The van der Waals surface area contributed by atoms with E-state index in [4.69, 9.17) is 16.1 Å². The summed E-state index contributed by atoms with van der Waals surface area (Å²) in [6.45, 7) is 4.93. The lowest BCUT2D eigenvalue weighted by molar-refractivity contribution is -0.136. The third-order valence-electron chi connectivity index (χ3n) is 5.78. The highest BCUT2D eigenvalue weighted by Crippen LogP contribution is 2.24. The zero-order valence-corrected chi connectivity index (χ0v) is 18.7. The van der Waals surface area contributed by atoms with Crippen LogP contribution >= 0.6 is 11.6 Å². The van der Waals surface area contributed by atoms with Crippen LogP contribution in [-0.4, -0.2) is 46.0 Å². The molecule has 0 N–H and O–H groups in total. The van der Waals surface area contributed by atoms with Crippen LogP contribution in [0.3, 0.4) is 0 Å². The maximum atomic E-state index is 12.9. The van der Waals surface area contributed by atoms with E-state index in [0.717, 1.165) is 54.2 Å². The van der Waals surface area contributed by atoms with Crippen molar-refractivity contribution in [2.24, 2.45) is 5.92 Å². The molecule has 0 atom stereocenters. The van der Waals surface area contributed by atoms with Crippen LogP contribution in [0.1, 0.15) is 29.9 Å². The number of nitrogens with zero attached hydrogens (tertiary/aromatic N) is 4. The van der Waals surface area contributed by atoms with Crippen LogP contribution in [0.15, 0.2) is 53.1 Å². The second-order valence-electron chi connectivity index (χ2n) is 8.22. The molecule has 2 aromatic carbocycles. The van der Waals surface area contributed by atoms with Crippen LogP contribution in [0.25, 0.3) is 11.4 Å². The number of hydrogen-bond donors (Lipinski definition) is 0. The lowest BCUT2D eigenvalue weighted by Crippen LogP contribution is -2.40. The van der Waals surface area contributed by atoms with Gasteiger partial charge < -0.3 is 9.42 Å². The second-order valence-corrected chi connectivity index (χ2v) is 8.62. The molecule has 3 aromatic rings. The Hall–Kier alpha value is -2.70. The molecule has 0 saturated carbocycles. The third kappa shape index (κ3) is 5.32. The number of rotatable bonds is 6. The molecule has 0 radical (unpaired) electrons. The maximum absolute atomic E-state index is 12.9. The van der Waals surface area contributed by atoms with Gasteiger partial charge in [0.25, 0.3) is 0 Å². The van der Waals surface area contributed by atoms with Crippen molar-refractivity contribution in [1.29, 1.82) is 0 Å². The number of piperidine rings is 1. The minimum atomic E-state index is 0.0201. The molecule has 1 aliphatic heterocycles. The molecule has 1 fully saturated rings. The summed E-state index contributed by atoms with van der Waals surface area (Å²) >= 11 is 6.28. The summed E-state index contributed by atoms with van der Waals surface area (Å²) in [5.74, 6) is 1.15. The van der Waals surface area contributed by atoms with Gasteiger partial charge in [0.05, 0.1) is 6.54 Å². The Morgan fingerprint density at radius 2 is 1.97 bits per heavy atom. The van der Waals surface area contributed by atoms with E-state index < -0.39 is 0 Å². The van der Waals surface area contributed by atoms with E-state index in [2.05, 4.69) is 21.1 Å². The molecular formula is C24H27ClN4O2. The standard InChI is InChI=1S/C24H27ClN4O2/c1-17-6-5-8-19(14-17)23-26-22(31-27-23)16-28(2)24(30)18-10-12-29(13-11-18)15-20-7-3-4-9-21(20)25/h3-9,14,18H,10-13,15-16H2,1-2H3. The predicted octanol–water partition coefficient (Wildman–Crippen LogP) is 4.57. The zero-order chi connectivity index (χ0) is 21.8. The summed E-state index contributed by atoms with van der Waals surface area (Å²) in [6, 6.07) is 15.9. The van der Waals surface area contributed by atoms with Crippen molar-refractivity contribution < 1.29 is 9.32 Å². The molecule has 1 aliphatic rings. The fraction of sp³-hybridized carbons (Fsp3) is 0.375. The number of amides is 1. The molecule has 1 saturated heterocycles. The molecule has 4 rings (SSSR count). The van der Waals surface area contributed by atoms with Gasteiger partial charge in [0.15, 0.2) is 0 Å². The van der Waals surface area contributed by atoms with Crippen LogP contribution in [0.4, 0.5) is 0 Å². The molecule has 6 nitrogen and oxygen atoms in total. The first-order valence-corrected chi connectivity index (χ1v) is 11.0. The van der Waals surface area contributed by atoms with Gasteiger partial charge >= 0.3 is 0 Å². The Bertz CT molecular complexity index is 1040. The molecule has 0 spiro atoms. The lowest BCUT2D eigenvalue weighted by Gasteiger charge is -2.33. The van der Waals surface area contributed by atoms with Crippen molar-refractivity contribution in [1.82, 2.24) is 19.9 Å². The lowest BCUT2D eigenvalue weighted by atomic mass is 9.95. The summed E-state index contributed by atoms with van der Waals surface area (Å²) in [5, 5.41) is 4.86. The largest absolute Gasteiger partial charge is 0.337 e. The molecule has 7 heteroatoms. The molecule has 31 heavy (non-hydrogen) atoms. The van der Waals surface area contributed by atoms with Crippen molar-refractivity contribution in [3.05, 3.63) is 70.6 Å². The molecule has 0 unspecified atom stereocenters. The van der Waals surface area contributed by atoms with Crippen molar-refractivity contribution >= 4 is 17.5 Å². The summed E-state index contributed by atoms with van der Waals surface area (Å²) in [5.41, 5.74) is 3.18. The minimum absolute atomic E-state index is 0.0201. The Morgan fingerprint density at radius 3 is 2.71 bits per heavy atom. The number of carbonyl (C=O) groups is 1. The molecule has 2 heterocycles. The molecular weight excluding hydrogens is 412 g/mol. The number of hydrogen-bond acceptors (Lipinski definition) is 5. The van der Waals surface area contributed by atoms with Crippen molar-refractivity contribution in [3.8, 4) is 11.4 Å². The van der Waals surface area contributed by atoms with Crippen molar-refractivity contribution in [2.45, 2.75) is 32.9 Å². The molecule has 162 valence electrons. The van der Waals surface area contributed by atoms with E-state index in [1.807, 2.05) is 49.4 Å². The SMILES string of the molecule is Cc1cccc(-c2noc(CN(C)C(=O)C3CCN(Cc4ccccc4Cl)CC3)n2)c1. The van der Waals surface area contributed by atoms with Gasteiger partial charge in [-0.15, -0.1) is 0 Å². The number of carbonyl (C=O) groups excluding carboxylic acids is 1. The Kier molecular flexibility index (Phi) is 6.68. The fourth-order valence-corrected chi connectivity index (χ4v) is 4.21. The minimum Gasteiger partial charge on any atom is -0.337 e. The van der Waals surface area contributed by atoms with E-state index >= 15 is 0 Å². The molecule has 1 amide bonds. The number of benzene rings is 2. The van der Waals surface area contributed by atoms with Gasteiger partial charge in [-0.25, -0.2) is 0 Å². The van der Waals surface area contributed by atoms with E-state index in [0.29, 0.717) is 18.3 Å². The Labute approximate surface area is 187 Å². The van der Waals surface area contributed by atoms with E-state index in [-0.39, 0.29) is 11.8 Å². The number of likely N-dealkylation sites (tertiary alicyclic amines) is 1. The highest BCUT2D eigenvalue weighted by Gasteiger charge is 2.28. The zero-order valence-electron chi connectivity index (χ0n) is 17.9. The predicted molar refractivity (Wildman–Crippen MR) is 120 cm³/mol. The third-order valence-corrected chi connectivity index (χ3v) is 6.15. The van der Waals surface area contributed by atoms with Crippen LogP contribution < -0.4 is 0 Å². The van der Waals surface area contributed by atoms with Crippen molar-refractivity contribution in [3.63, 3.8) is 0 Å². The van der Waals surface area contributed by atoms with E-state index in [9.17, 15) is 4.79 Å². The number of aryl methyl sites for hydroxylation is 1. The smallest absolute Gasteiger partial charge is 0.246 e. The molecule has 0 aliphatic carbocycles. The van der Waals surface area contributed by atoms with Crippen LogP contribution in [0.2, 0.25) is 5.02 Å². The summed E-state index contributed by atoms with van der Waals surface area (Å²) < 4.78 is 5.39. The first-order valence-electron chi connectivity index (χ1n) is 10.6. The van der Waals surface area contributed by atoms with Crippen LogP contribution in [-0.2, 0) is 17.9 Å². The quantitative estimate of drug-likeness (QED) is 0.564. The van der Waals surface area contributed by atoms with Gasteiger partial charge in [0.1, 0.15) is 0 Å². The highest BCUT2D eigenvalue weighted by atomic mass is 35.5. The Balaban J connectivity index is 1.30. The fourth-order valence-electron chi connectivity index (χ4n) is 4.02. The van der Waals surface area contributed by atoms with Gasteiger partial charge in [-0.05, 0) is 50.6 Å². The summed E-state index contributed by atoms with van der Waals surface area (Å²) in [6.07, 6.45) is 1.68. The average Bonchev–Trinajstić information content (AvgIpc) is 3.24.